The van der Waals surface area contributed by atoms with E-state index in [9.17, 15) is 14.0 Å². The summed E-state index contributed by atoms with van der Waals surface area (Å²) >= 11 is 0. The van der Waals surface area contributed by atoms with E-state index in [1.807, 2.05) is 31.2 Å². The third kappa shape index (κ3) is 3.75. The molecule has 6 heteroatoms. The minimum Gasteiger partial charge on any atom is -0.454 e. The van der Waals surface area contributed by atoms with Crippen LogP contribution in [0.3, 0.4) is 0 Å². The Hall–Kier alpha value is -3.67. The highest BCUT2D eigenvalue weighted by atomic mass is 19.1. The molecule has 5 rings (SSSR count). The van der Waals surface area contributed by atoms with Crippen molar-refractivity contribution in [1.29, 1.82) is 0 Å². The fourth-order valence-electron chi connectivity index (χ4n) is 4.53. The van der Waals surface area contributed by atoms with Crippen LogP contribution in [0.25, 0.3) is 11.1 Å². The van der Waals surface area contributed by atoms with Crippen LogP contribution in [0.2, 0.25) is 0 Å². The zero-order valence-electron chi connectivity index (χ0n) is 18.5. The number of fused-ring (bicyclic) bond motifs is 1. The van der Waals surface area contributed by atoms with Gasteiger partial charge < -0.3 is 14.8 Å². The first-order valence-corrected chi connectivity index (χ1v) is 11.0. The predicted octanol–water partition coefficient (Wildman–Crippen LogP) is 4.73. The Labute approximate surface area is 191 Å². The van der Waals surface area contributed by atoms with Gasteiger partial charge in [0.1, 0.15) is 11.6 Å². The van der Waals surface area contributed by atoms with Crippen molar-refractivity contribution in [3.05, 3.63) is 82.7 Å². The number of rotatable bonds is 6. The van der Waals surface area contributed by atoms with Crippen LogP contribution >= 0.6 is 0 Å². The molecular weight excluding hydrogens is 421 g/mol. The molecule has 0 atom stereocenters. The molecule has 0 spiro atoms. The second-order valence-electron chi connectivity index (χ2n) is 8.67. The van der Waals surface area contributed by atoms with Crippen molar-refractivity contribution in [2.24, 2.45) is 0 Å². The number of hydrogen-bond donors (Lipinski definition) is 1. The van der Waals surface area contributed by atoms with Crippen molar-refractivity contribution in [2.75, 3.05) is 13.8 Å². The Morgan fingerprint density at radius 2 is 1.82 bits per heavy atom. The number of ketones is 1. The van der Waals surface area contributed by atoms with E-state index in [-0.39, 0.29) is 24.9 Å². The zero-order chi connectivity index (χ0) is 23.2. The van der Waals surface area contributed by atoms with E-state index in [1.165, 1.54) is 6.07 Å². The number of Topliss-reactive ketones (excluding diaryl/α,β-unsaturated/α-hetero) is 1. The van der Waals surface area contributed by atoms with Gasteiger partial charge in [-0.1, -0.05) is 18.2 Å². The predicted molar refractivity (Wildman–Crippen MR) is 122 cm³/mol. The molecule has 1 heterocycles. The summed E-state index contributed by atoms with van der Waals surface area (Å²) in [4.78, 5) is 25.4. The Bertz CT molecular complexity index is 1280. The fraction of sp³-hybridized carbons (Fsp3) is 0.259. The number of benzene rings is 3. The summed E-state index contributed by atoms with van der Waals surface area (Å²) < 4.78 is 25.7. The van der Waals surface area contributed by atoms with Crippen LogP contribution in [0, 0.1) is 12.7 Å². The molecule has 33 heavy (non-hydrogen) atoms. The van der Waals surface area contributed by atoms with E-state index in [4.69, 9.17) is 9.47 Å². The number of carbonyl (C=O) groups excluding carboxylic acids is 2. The van der Waals surface area contributed by atoms with Gasteiger partial charge in [-0.05, 0) is 84.0 Å². The molecule has 1 aliphatic carbocycles. The molecule has 5 nitrogen and oxygen atoms in total. The second kappa shape index (κ2) is 8.03. The maximum absolute atomic E-state index is 14.9. The summed E-state index contributed by atoms with van der Waals surface area (Å²) in [6.07, 6.45) is 1.47. The second-order valence-corrected chi connectivity index (χ2v) is 8.67. The molecule has 0 saturated heterocycles. The minimum atomic E-state index is -0.600. The van der Waals surface area contributed by atoms with Crippen LogP contribution < -0.4 is 14.8 Å². The smallest absolute Gasteiger partial charge is 0.251 e. The summed E-state index contributed by atoms with van der Waals surface area (Å²) in [6, 6.07) is 16.0. The lowest BCUT2D eigenvalue weighted by molar-refractivity contribution is -0.120. The van der Waals surface area contributed by atoms with Gasteiger partial charge in [-0.15, -0.1) is 0 Å². The van der Waals surface area contributed by atoms with Gasteiger partial charge >= 0.3 is 0 Å². The quantitative estimate of drug-likeness (QED) is 0.596. The molecule has 168 valence electrons. The monoisotopic (exact) mass is 445 g/mol. The molecule has 1 amide bonds. The Morgan fingerprint density at radius 1 is 1.03 bits per heavy atom. The van der Waals surface area contributed by atoms with Crippen molar-refractivity contribution < 1.29 is 23.5 Å². The Morgan fingerprint density at radius 3 is 2.58 bits per heavy atom. The highest BCUT2D eigenvalue weighted by Gasteiger charge is 2.51. The van der Waals surface area contributed by atoms with Gasteiger partial charge in [-0.3, -0.25) is 9.59 Å². The van der Waals surface area contributed by atoms with Crippen LogP contribution in [-0.4, -0.2) is 25.5 Å². The molecule has 0 bridgehead atoms. The number of halogens is 1. The van der Waals surface area contributed by atoms with E-state index >= 15 is 0 Å². The van der Waals surface area contributed by atoms with Gasteiger partial charge in [0.05, 0.1) is 5.41 Å². The average molecular weight is 445 g/mol. The number of aryl methyl sites for hydroxylation is 1. The number of ether oxygens (including phenoxy) is 2. The van der Waals surface area contributed by atoms with Crippen molar-refractivity contribution in [1.82, 2.24) is 5.32 Å². The lowest BCUT2D eigenvalue weighted by Crippen LogP contribution is -2.23. The van der Waals surface area contributed by atoms with Gasteiger partial charge in [0.25, 0.3) is 5.91 Å². The molecule has 2 aliphatic rings. The van der Waals surface area contributed by atoms with E-state index in [0.29, 0.717) is 22.6 Å². The SMILES string of the molecule is CNC(=O)c1cccc(-c2cc(CC(=O)C3(c4ccc5c(c4)OCO5)CC3)c(F)cc2C)c1. The average Bonchev–Trinajstić information content (AvgIpc) is 3.51. The van der Waals surface area contributed by atoms with Crippen molar-refractivity contribution in [2.45, 2.75) is 31.6 Å². The van der Waals surface area contributed by atoms with Crippen LogP contribution in [-0.2, 0) is 16.6 Å². The number of nitrogens with one attached hydrogen (secondary N) is 1. The number of hydrogen-bond acceptors (Lipinski definition) is 4. The van der Waals surface area contributed by atoms with Gasteiger partial charge in [0, 0.05) is 19.0 Å². The number of amides is 1. The summed E-state index contributed by atoms with van der Waals surface area (Å²) in [5.41, 5.74) is 3.53. The lowest BCUT2D eigenvalue weighted by Gasteiger charge is -2.17. The molecule has 1 aliphatic heterocycles. The lowest BCUT2D eigenvalue weighted by atomic mass is 9.86. The maximum Gasteiger partial charge on any atom is 0.251 e. The van der Waals surface area contributed by atoms with Crippen LogP contribution in [0.1, 0.15) is 39.9 Å². The standard InChI is InChI=1S/C27H24FNO4/c1-16-10-22(28)19(12-21(16)17-4-3-5-18(11-17)26(31)29-2)13-25(30)27(8-9-27)20-6-7-23-24(14-20)33-15-32-23/h3-7,10-12,14H,8-9,13,15H2,1-2H3,(H,29,31). The Balaban J connectivity index is 1.45. The molecule has 1 saturated carbocycles. The molecule has 0 radical (unpaired) electrons. The normalized spacial score (nSPS) is 15.2. The van der Waals surface area contributed by atoms with E-state index in [1.54, 1.807) is 31.3 Å². The van der Waals surface area contributed by atoms with Crippen LogP contribution in [0.4, 0.5) is 4.39 Å². The molecule has 3 aromatic rings. The zero-order valence-corrected chi connectivity index (χ0v) is 18.5. The van der Waals surface area contributed by atoms with Gasteiger partial charge in [0.15, 0.2) is 11.5 Å². The highest BCUT2D eigenvalue weighted by Crippen LogP contribution is 2.51. The summed E-state index contributed by atoms with van der Waals surface area (Å²) in [5, 5.41) is 2.62. The Kier molecular flexibility index (Phi) is 5.16. The first-order valence-electron chi connectivity index (χ1n) is 11.0. The summed E-state index contributed by atoms with van der Waals surface area (Å²) in [6.45, 7) is 2.00. The highest BCUT2D eigenvalue weighted by molar-refractivity contribution is 5.96. The fourth-order valence-corrected chi connectivity index (χ4v) is 4.53. The molecule has 3 aromatic carbocycles. The van der Waals surface area contributed by atoms with Gasteiger partial charge in [-0.2, -0.15) is 0 Å². The van der Waals surface area contributed by atoms with Gasteiger partial charge in [0.2, 0.25) is 6.79 Å². The van der Waals surface area contributed by atoms with Crippen molar-refractivity contribution in [3.8, 4) is 22.6 Å². The first kappa shape index (κ1) is 21.2. The van der Waals surface area contributed by atoms with Crippen molar-refractivity contribution in [3.63, 3.8) is 0 Å². The minimum absolute atomic E-state index is 0.00267. The molecule has 1 N–H and O–H groups in total. The summed E-state index contributed by atoms with van der Waals surface area (Å²) in [7, 11) is 1.58. The van der Waals surface area contributed by atoms with E-state index < -0.39 is 11.2 Å². The van der Waals surface area contributed by atoms with Gasteiger partial charge in [-0.25, -0.2) is 4.39 Å². The van der Waals surface area contributed by atoms with Crippen LogP contribution in [0.15, 0.2) is 54.6 Å². The first-order chi connectivity index (χ1) is 15.9. The van der Waals surface area contributed by atoms with E-state index in [0.717, 1.165) is 35.1 Å². The third-order valence-corrected chi connectivity index (χ3v) is 6.62. The topological polar surface area (TPSA) is 64.6 Å². The maximum atomic E-state index is 14.9. The molecule has 0 aromatic heterocycles. The van der Waals surface area contributed by atoms with Crippen molar-refractivity contribution >= 4 is 11.7 Å². The molecular formula is C27H24FNO4. The third-order valence-electron chi connectivity index (χ3n) is 6.62. The largest absolute Gasteiger partial charge is 0.454 e. The van der Waals surface area contributed by atoms with Crippen LogP contribution in [0.5, 0.6) is 11.5 Å². The van der Waals surface area contributed by atoms with E-state index in [2.05, 4.69) is 5.32 Å². The summed E-state index contributed by atoms with van der Waals surface area (Å²) in [5.74, 6) is 0.732. The molecule has 1 fully saturated rings. The number of carbonyl (C=O) groups is 2. The molecule has 0 unspecified atom stereocenters.